The number of amides is 4. The number of benzene rings is 1. The highest BCUT2D eigenvalue weighted by Crippen LogP contribution is 2.53. The molecule has 0 bridgehead atoms. The highest BCUT2D eigenvalue weighted by molar-refractivity contribution is 7.46. The molecule has 0 spiro atoms. The van der Waals surface area contributed by atoms with Gasteiger partial charge in [0.2, 0.25) is 31.7 Å². The van der Waals surface area contributed by atoms with Crippen LogP contribution in [0.1, 0.15) is 41.4 Å². The normalized spacial score (nSPS) is 20.8. The van der Waals surface area contributed by atoms with Crippen LogP contribution < -0.4 is 16.2 Å². The Bertz CT molecular complexity index is 1700. The summed E-state index contributed by atoms with van der Waals surface area (Å²) in [5.41, 5.74) is -4.34. The summed E-state index contributed by atoms with van der Waals surface area (Å²) in [4.78, 5) is 86.2. The first-order valence-electron chi connectivity index (χ1n) is 13.7. The van der Waals surface area contributed by atoms with Gasteiger partial charge in [0.25, 0.3) is 5.91 Å². The van der Waals surface area contributed by atoms with Crippen LogP contribution in [0.2, 0.25) is 0 Å². The Morgan fingerprint density at radius 1 is 1.07 bits per heavy atom. The molecule has 5 rings (SSSR count). The maximum Gasteiger partial charge on any atom is 0.339 e. The van der Waals surface area contributed by atoms with E-state index in [9.17, 15) is 32.8 Å². The molecule has 4 amide bonds. The van der Waals surface area contributed by atoms with Crippen molar-refractivity contribution in [3.8, 4) is 0 Å². The predicted molar refractivity (Wildman–Crippen MR) is 159 cm³/mol. The fraction of sp³-hybridized carbons (Fsp3) is 0.393. The maximum atomic E-state index is 14.2. The quantitative estimate of drug-likeness (QED) is 0.298. The van der Waals surface area contributed by atoms with Gasteiger partial charge in [-0.05, 0) is 48.9 Å². The number of carbonyl (C=O) groups is 4. The Morgan fingerprint density at radius 3 is 2.50 bits per heavy atom. The SMILES string of the molecule is CC(=O)N1CC[C@H]2CC[C@@H](C(=O)Nc3ccc(=O)n(C)c3)N2C(=O)[C@@H](NC(=O)c2cc3cc(C(F)(F)P(O)O)ccc3s2)C1. The second-order valence-electron chi connectivity index (χ2n) is 10.8. The molecule has 2 fully saturated rings. The third-order valence-electron chi connectivity index (χ3n) is 7.94. The number of carbonyl (C=O) groups excluding carboxylic acids is 4. The highest BCUT2D eigenvalue weighted by Gasteiger charge is 2.45. The van der Waals surface area contributed by atoms with Crippen molar-refractivity contribution in [3.63, 3.8) is 0 Å². The first kappa shape index (κ1) is 31.6. The summed E-state index contributed by atoms with van der Waals surface area (Å²) in [5.74, 6) is -1.93. The Balaban J connectivity index is 1.39. The topological polar surface area (TPSA) is 161 Å². The number of fused-ring (bicyclic) bond motifs is 2. The zero-order chi connectivity index (χ0) is 31.9. The van der Waals surface area contributed by atoms with Crippen LogP contribution in [0.5, 0.6) is 0 Å². The fourth-order valence-corrected chi connectivity index (χ4v) is 6.92. The lowest BCUT2D eigenvalue weighted by molar-refractivity contribution is -0.143. The fourth-order valence-electron chi connectivity index (χ4n) is 5.61. The van der Waals surface area contributed by atoms with E-state index < -0.39 is 49.4 Å². The van der Waals surface area contributed by atoms with Crippen LogP contribution in [0.4, 0.5) is 14.5 Å². The van der Waals surface area contributed by atoms with Crippen molar-refractivity contribution in [2.45, 2.75) is 50.0 Å². The summed E-state index contributed by atoms with van der Waals surface area (Å²) in [5, 5.41) is 5.73. The van der Waals surface area contributed by atoms with Gasteiger partial charge in [0.05, 0.1) is 10.6 Å². The minimum Gasteiger partial charge on any atom is -0.346 e. The Morgan fingerprint density at radius 2 is 1.82 bits per heavy atom. The molecule has 4 N–H and O–H groups in total. The molecule has 44 heavy (non-hydrogen) atoms. The number of nitrogens with zero attached hydrogens (tertiary/aromatic N) is 3. The van der Waals surface area contributed by atoms with E-state index in [2.05, 4.69) is 10.6 Å². The summed E-state index contributed by atoms with van der Waals surface area (Å²) in [6, 6.07) is 5.23. The molecule has 4 heterocycles. The monoisotopic (exact) mass is 649 g/mol. The Kier molecular flexibility index (Phi) is 8.85. The summed E-state index contributed by atoms with van der Waals surface area (Å²) in [7, 11) is -2.02. The van der Waals surface area contributed by atoms with Gasteiger partial charge in [0.1, 0.15) is 12.1 Å². The molecule has 0 unspecified atom stereocenters. The van der Waals surface area contributed by atoms with Crippen molar-refractivity contribution in [3.05, 3.63) is 63.4 Å². The second-order valence-corrected chi connectivity index (χ2v) is 13.0. The van der Waals surface area contributed by atoms with Gasteiger partial charge in [-0.25, -0.2) is 0 Å². The summed E-state index contributed by atoms with van der Waals surface area (Å²) in [6.07, 6.45) is 2.79. The average molecular weight is 650 g/mol. The minimum atomic E-state index is -3.86. The van der Waals surface area contributed by atoms with Crippen molar-refractivity contribution in [1.82, 2.24) is 19.7 Å². The van der Waals surface area contributed by atoms with Gasteiger partial charge in [0.15, 0.2) is 0 Å². The van der Waals surface area contributed by atoms with Crippen molar-refractivity contribution in [1.29, 1.82) is 0 Å². The van der Waals surface area contributed by atoms with Gasteiger partial charge in [-0.2, -0.15) is 8.78 Å². The van der Waals surface area contributed by atoms with Crippen molar-refractivity contribution >= 4 is 59.1 Å². The van der Waals surface area contributed by atoms with E-state index in [1.54, 1.807) is 7.05 Å². The molecular formula is C28H30F2N5O7PS. The number of rotatable bonds is 6. The zero-order valence-electron chi connectivity index (χ0n) is 23.7. The number of thiophene rings is 1. The number of hydrogen-bond acceptors (Lipinski definition) is 8. The van der Waals surface area contributed by atoms with Gasteiger partial charge in [-0.15, -0.1) is 11.3 Å². The molecular weight excluding hydrogens is 619 g/mol. The molecule has 0 radical (unpaired) electrons. The van der Waals surface area contributed by atoms with Crippen LogP contribution in [0.3, 0.4) is 0 Å². The Hall–Kier alpha value is -3.78. The molecule has 0 saturated carbocycles. The molecule has 2 aliphatic heterocycles. The van der Waals surface area contributed by atoms with Crippen LogP contribution in [0.25, 0.3) is 10.1 Å². The van der Waals surface area contributed by atoms with Crippen molar-refractivity contribution in [2.24, 2.45) is 7.05 Å². The zero-order valence-corrected chi connectivity index (χ0v) is 25.4. The molecule has 2 aliphatic rings. The van der Waals surface area contributed by atoms with Crippen LogP contribution >= 0.6 is 19.7 Å². The molecule has 16 heteroatoms. The predicted octanol–water partition coefficient (Wildman–Crippen LogP) is 2.29. The van der Waals surface area contributed by atoms with Gasteiger partial charge in [-0.1, -0.05) is 6.07 Å². The number of aromatic nitrogens is 1. The van der Waals surface area contributed by atoms with E-state index >= 15 is 0 Å². The summed E-state index contributed by atoms with van der Waals surface area (Å²) in [6.45, 7) is 1.55. The van der Waals surface area contributed by atoms with Crippen LogP contribution in [-0.2, 0) is 27.1 Å². The number of alkyl halides is 2. The number of nitrogens with one attached hydrogen (secondary N) is 2. The minimum absolute atomic E-state index is 0.113. The molecule has 3 atom stereocenters. The van der Waals surface area contributed by atoms with E-state index in [-0.39, 0.29) is 34.3 Å². The highest BCUT2D eigenvalue weighted by atomic mass is 32.1. The van der Waals surface area contributed by atoms with Crippen molar-refractivity contribution in [2.75, 3.05) is 18.4 Å². The van der Waals surface area contributed by atoms with E-state index in [0.717, 1.165) is 23.5 Å². The van der Waals surface area contributed by atoms with E-state index in [0.29, 0.717) is 36.2 Å². The lowest BCUT2D eigenvalue weighted by Crippen LogP contribution is -2.60. The van der Waals surface area contributed by atoms with Crippen LogP contribution in [-0.4, -0.2) is 79.0 Å². The smallest absolute Gasteiger partial charge is 0.339 e. The lowest BCUT2D eigenvalue weighted by atomic mass is 10.1. The third kappa shape index (κ3) is 6.23. The number of aryl methyl sites for hydroxylation is 1. The van der Waals surface area contributed by atoms with Crippen LogP contribution in [0.15, 0.2) is 47.4 Å². The van der Waals surface area contributed by atoms with Gasteiger partial charge in [-0.3, -0.25) is 24.0 Å². The molecule has 2 aromatic heterocycles. The second kappa shape index (κ2) is 12.3. The molecule has 2 saturated heterocycles. The average Bonchev–Trinajstić information content (AvgIpc) is 3.59. The Labute approximate surface area is 255 Å². The lowest BCUT2D eigenvalue weighted by Gasteiger charge is -2.38. The summed E-state index contributed by atoms with van der Waals surface area (Å²) >= 11 is 0.997. The number of halogens is 2. The molecule has 0 aliphatic carbocycles. The number of anilines is 1. The molecule has 1 aromatic carbocycles. The first-order valence-corrected chi connectivity index (χ1v) is 15.8. The largest absolute Gasteiger partial charge is 0.346 e. The van der Waals surface area contributed by atoms with Gasteiger partial charge in [0, 0.05) is 55.6 Å². The number of pyridine rings is 1. The summed E-state index contributed by atoms with van der Waals surface area (Å²) < 4.78 is 30.2. The molecule has 234 valence electrons. The molecule has 3 aromatic rings. The van der Waals surface area contributed by atoms with Crippen LogP contribution in [0, 0.1) is 0 Å². The van der Waals surface area contributed by atoms with E-state index in [1.165, 1.54) is 51.8 Å². The maximum absolute atomic E-state index is 14.2. The number of hydrogen-bond donors (Lipinski definition) is 4. The van der Waals surface area contributed by atoms with E-state index in [4.69, 9.17) is 9.79 Å². The van der Waals surface area contributed by atoms with Gasteiger partial charge < -0.3 is 34.8 Å². The first-order chi connectivity index (χ1) is 20.8. The van der Waals surface area contributed by atoms with Crippen molar-refractivity contribution < 1.29 is 37.7 Å². The van der Waals surface area contributed by atoms with Gasteiger partial charge >= 0.3 is 5.66 Å². The third-order valence-corrected chi connectivity index (χ3v) is 9.81. The molecule has 12 nitrogen and oxygen atoms in total. The standard InChI is InChI=1S/C28H30F2N5O7PS/c1-15(36)34-10-9-19-5-6-21(25(38)31-18-4-8-24(37)33(2)13-18)35(19)27(40)20(14-34)32-26(39)23-12-16-11-17(3-7-22(16)44-23)28(29,30)43(41)42/h3-4,7-8,11-13,19-21,41-42H,5-6,9-10,14H2,1-2H3,(H,31,38)(H,32,39)/t19-,20+,21+/m1/s1. The van der Waals surface area contributed by atoms with E-state index in [1.807, 2.05) is 0 Å².